The Morgan fingerprint density at radius 2 is 1.15 bits per heavy atom. The Hall–Kier alpha value is -3.74. The summed E-state index contributed by atoms with van der Waals surface area (Å²) in [5.74, 6) is 0. The fourth-order valence-electron chi connectivity index (χ4n) is 2.16. The summed E-state index contributed by atoms with van der Waals surface area (Å²) in [6.07, 6.45) is -0.698. The second kappa shape index (κ2) is 8.39. The van der Waals surface area contributed by atoms with Crippen LogP contribution in [-0.4, -0.2) is 4.92 Å². The molecule has 0 heterocycles. The van der Waals surface area contributed by atoms with Gasteiger partial charge in [0.1, 0.15) is 0 Å². The van der Waals surface area contributed by atoms with Gasteiger partial charge in [-0.3, -0.25) is 10.1 Å². The largest absolute Gasteiger partial charge is 0.269 e. The van der Waals surface area contributed by atoms with Crippen LogP contribution >= 0.6 is 0 Å². The highest BCUT2D eigenvalue weighted by Gasteiger charge is 2.12. The molecular weight excluding hydrogens is 330 g/mol. The molecule has 3 aromatic carbocycles. The Kier molecular flexibility index (Phi) is 5.51. The van der Waals surface area contributed by atoms with Crippen molar-refractivity contribution in [2.24, 2.45) is 20.5 Å². The minimum absolute atomic E-state index is 0.00694. The first-order chi connectivity index (χ1) is 12.7. The van der Waals surface area contributed by atoms with E-state index in [-0.39, 0.29) is 5.69 Å². The third kappa shape index (κ3) is 4.64. The van der Waals surface area contributed by atoms with E-state index in [1.807, 2.05) is 60.7 Å². The Balaban J connectivity index is 1.89. The van der Waals surface area contributed by atoms with Gasteiger partial charge >= 0.3 is 0 Å². The molecule has 0 bridgehead atoms. The molecule has 0 aliphatic rings. The third-order valence-corrected chi connectivity index (χ3v) is 3.48. The summed E-state index contributed by atoms with van der Waals surface area (Å²) >= 11 is 0. The fourth-order valence-corrected chi connectivity index (χ4v) is 2.16. The van der Waals surface area contributed by atoms with Crippen LogP contribution in [0.5, 0.6) is 0 Å². The van der Waals surface area contributed by atoms with Gasteiger partial charge in [-0.2, -0.15) is 20.5 Å². The molecule has 0 saturated heterocycles. The van der Waals surface area contributed by atoms with E-state index in [1.165, 1.54) is 12.1 Å². The first kappa shape index (κ1) is 17.1. The number of benzene rings is 3. The molecule has 0 amide bonds. The van der Waals surface area contributed by atoms with E-state index < -0.39 is 11.1 Å². The van der Waals surface area contributed by atoms with Gasteiger partial charge in [0, 0.05) is 17.7 Å². The summed E-state index contributed by atoms with van der Waals surface area (Å²) < 4.78 is 0. The van der Waals surface area contributed by atoms with Gasteiger partial charge < -0.3 is 0 Å². The quantitative estimate of drug-likeness (QED) is 0.304. The van der Waals surface area contributed by atoms with Gasteiger partial charge in [0.25, 0.3) is 5.69 Å². The van der Waals surface area contributed by atoms with Crippen molar-refractivity contribution in [2.75, 3.05) is 0 Å². The second-order valence-corrected chi connectivity index (χ2v) is 5.32. The van der Waals surface area contributed by atoms with Crippen LogP contribution in [0.25, 0.3) is 0 Å². The average Bonchev–Trinajstić information content (AvgIpc) is 2.70. The molecule has 26 heavy (non-hydrogen) atoms. The van der Waals surface area contributed by atoms with E-state index in [2.05, 4.69) is 20.5 Å². The van der Waals surface area contributed by atoms with Crippen molar-refractivity contribution >= 4 is 17.1 Å². The third-order valence-electron chi connectivity index (χ3n) is 3.48. The number of azo groups is 2. The van der Waals surface area contributed by atoms with Crippen LogP contribution in [0.1, 0.15) is 11.7 Å². The molecule has 0 N–H and O–H groups in total. The summed E-state index contributed by atoms with van der Waals surface area (Å²) in [5.41, 5.74) is 2.05. The highest BCUT2D eigenvalue weighted by Crippen LogP contribution is 2.26. The van der Waals surface area contributed by atoms with Crippen LogP contribution in [0, 0.1) is 10.1 Å². The highest BCUT2D eigenvalue weighted by molar-refractivity contribution is 5.37. The van der Waals surface area contributed by atoms with Crippen LogP contribution in [0.4, 0.5) is 17.1 Å². The van der Waals surface area contributed by atoms with Crippen molar-refractivity contribution in [1.29, 1.82) is 0 Å². The number of nitrogens with zero attached hydrogens (tertiary/aromatic N) is 5. The van der Waals surface area contributed by atoms with E-state index in [1.54, 1.807) is 12.1 Å². The molecule has 0 fully saturated rings. The molecular formula is C19H15N5O2. The molecule has 128 valence electrons. The summed E-state index contributed by atoms with van der Waals surface area (Å²) in [7, 11) is 0. The Morgan fingerprint density at radius 3 is 1.58 bits per heavy atom. The lowest BCUT2D eigenvalue weighted by atomic mass is 10.2. The molecule has 0 aromatic heterocycles. The fraction of sp³-hybridized carbons (Fsp3) is 0.0526. The van der Waals surface area contributed by atoms with Crippen molar-refractivity contribution in [1.82, 2.24) is 0 Å². The van der Waals surface area contributed by atoms with Crippen molar-refractivity contribution in [2.45, 2.75) is 6.17 Å². The number of nitro benzene ring substituents is 1. The van der Waals surface area contributed by atoms with Gasteiger partial charge in [-0.05, 0) is 36.4 Å². The van der Waals surface area contributed by atoms with Crippen molar-refractivity contribution in [3.05, 3.63) is 101 Å². The standard InChI is InChI=1S/C19H15N5O2/c25-24(26)18-13-11-15(12-14-18)19(22-20-16-7-3-1-4-8-16)23-21-17-9-5-2-6-10-17/h1-14,19H. The van der Waals surface area contributed by atoms with Crippen molar-refractivity contribution in [3.63, 3.8) is 0 Å². The summed E-state index contributed by atoms with van der Waals surface area (Å²) in [4.78, 5) is 10.4. The molecule has 0 aliphatic carbocycles. The summed E-state index contributed by atoms with van der Waals surface area (Å²) in [6, 6.07) is 24.6. The topological polar surface area (TPSA) is 92.6 Å². The molecule has 7 heteroatoms. The molecule has 0 saturated carbocycles. The predicted octanol–water partition coefficient (Wildman–Crippen LogP) is 6.16. The molecule has 0 spiro atoms. The minimum Gasteiger partial charge on any atom is -0.258 e. The van der Waals surface area contributed by atoms with E-state index in [9.17, 15) is 10.1 Å². The van der Waals surface area contributed by atoms with E-state index in [0.717, 1.165) is 0 Å². The van der Waals surface area contributed by atoms with Gasteiger partial charge in [0.05, 0.1) is 16.3 Å². The Morgan fingerprint density at radius 1 is 0.692 bits per heavy atom. The lowest BCUT2D eigenvalue weighted by molar-refractivity contribution is -0.384. The number of rotatable bonds is 6. The van der Waals surface area contributed by atoms with Crippen molar-refractivity contribution in [3.8, 4) is 0 Å². The number of nitro groups is 1. The molecule has 0 aliphatic heterocycles. The maximum atomic E-state index is 10.8. The monoisotopic (exact) mass is 345 g/mol. The molecule has 0 atom stereocenters. The van der Waals surface area contributed by atoms with Crippen LogP contribution < -0.4 is 0 Å². The van der Waals surface area contributed by atoms with Crippen LogP contribution in [0.3, 0.4) is 0 Å². The maximum Gasteiger partial charge on any atom is 0.269 e. The lowest BCUT2D eigenvalue weighted by Gasteiger charge is -2.05. The molecule has 0 unspecified atom stereocenters. The smallest absolute Gasteiger partial charge is 0.258 e. The average molecular weight is 345 g/mol. The first-order valence-electron chi connectivity index (χ1n) is 7.88. The highest BCUT2D eigenvalue weighted by atomic mass is 16.6. The Bertz CT molecular complexity index is 860. The zero-order chi connectivity index (χ0) is 18.2. The summed E-state index contributed by atoms with van der Waals surface area (Å²) in [5, 5.41) is 27.7. The second-order valence-electron chi connectivity index (χ2n) is 5.32. The number of non-ortho nitro benzene ring substituents is 1. The molecule has 3 rings (SSSR count). The number of hydrogen-bond donors (Lipinski definition) is 0. The van der Waals surface area contributed by atoms with Crippen LogP contribution in [0.15, 0.2) is 105 Å². The van der Waals surface area contributed by atoms with Gasteiger partial charge in [0.2, 0.25) is 6.17 Å². The van der Waals surface area contributed by atoms with Gasteiger partial charge in [-0.25, -0.2) is 0 Å². The Labute approximate surface area is 149 Å². The van der Waals surface area contributed by atoms with Crippen molar-refractivity contribution < 1.29 is 4.92 Å². The maximum absolute atomic E-state index is 10.8. The molecule has 7 nitrogen and oxygen atoms in total. The minimum atomic E-state index is -0.698. The lowest BCUT2D eigenvalue weighted by Crippen LogP contribution is -1.92. The van der Waals surface area contributed by atoms with E-state index >= 15 is 0 Å². The van der Waals surface area contributed by atoms with Gasteiger partial charge in [-0.1, -0.05) is 36.4 Å². The predicted molar refractivity (Wildman–Crippen MR) is 97.8 cm³/mol. The normalized spacial score (nSPS) is 12.5. The van der Waals surface area contributed by atoms with Gasteiger partial charge in [-0.15, -0.1) is 0 Å². The molecule has 3 aromatic rings. The first-order valence-corrected chi connectivity index (χ1v) is 7.88. The van der Waals surface area contributed by atoms with E-state index in [0.29, 0.717) is 16.9 Å². The summed E-state index contributed by atoms with van der Waals surface area (Å²) in [6.45, 7) is 0. The van der Waals surface area contributed by atoms with E-state index in [4.69, 9.17) is 0 Å². The zero-order valence-electron chi connectivity index (χ0n) is 13.7. The molecule has 0 radical (unpaired) electrons. The van der Waals surface area contributed by atoms with Crippen LogP contribution in [0.2, 0.25) is 0 Å². The van der Waals surface area contributed by atoms with Gasteiger partial charge in [0.15, 0.2) is 0 Å². The zero-order valence-corrected chi connectivity index (χ0v) is 13.7. The SMILES string of the molecule is O=[N+]([O-])c1ccc(C(N=Nc2ccccc2)N=Nc2ccccc2)cc1. The van der Waals surface area contributed by atoms with Crippen LogP contribution in [-0.2, 0) is 0 Å². The number of hydrogen-bond acceptors (Lipinski definition) is 6.